The van der Waals surface area contributed by atoms with Crippen LogP contribution in [0.15, 0.2) is 24.3 Å². The summed E-state index contributed by atoms with van der Waals surface area (Å²) in [6.07, 6.45) is -4.88. The number of methoxy groups -OCH3 is 1. The zero-order valence-electron chi connectivity index (χ0n) is 7.76. The topological polar surface area (TPSA) is 38.3 Å². The molecule has 0 unspecified atom stereocenters. The van der Waals surface area contributed by atoms with Crippen molar-refractivity contribution < 1.29 is 22.7 Å². The standard InChI is InChI=1S/C9H8F3NO2/c1-15-7-4-2-6(3-5-7)13-8(14)9(10,11)12/h2-5H,1H3,(H,13,14). The highest BCUT2D eigenvalue weighted by Crippen LogP contribution is 2.19. The number of hydrogen-bond acceptors (Lipinski definition) is 2. The number of rotatable bonds is 2. The minimum absolute atomic E-state index is 0.0677. The number of carbonyl (C=O) groups excluding carboxylic acids is 1. The van der Waals surface area contributed by atoms with Crippen LogP contribution >= 0.6 is 0 Å². The average molecular weight is 219 g/mol. The summed E-state index contributed by atoms with van der Waals surface area (Å²) in [5.74, 6) is -1.49. The van der Waals surface area contributed by atoms with Gasteiger partial charge in [0.2, 0.25) is 0 Å². The number of alkyl halides is 3. The molecule has 0 heterocycles. The lowest BCUT2D eigenvalue weighted by Crippen LogP contribution is -2.29. The van der Waals surface area contributed by atoms with Crippen molar-refractivity contribution in [3.8, 4) is 5.75 Å². The second-order valence-electron chi connectivity index (χ2n) is 2.68. The van der Waals surface area contributed by atoms with Crippen LogP contribution in [0, 0.1) is 0 Å². The first-order chi connectivity index (χ1) is 6.93. The minimum atomic E-state index is -4.88. The van der Waals surface area contributed by atoms with Gasteiger partial charge in [0.1, 0.15) is 5.75 Å². The van der Waals surface area contributed by atoms with E-state index in [4.69, 9.17) is 4.74 Å². The van der Waals surface area contributed by atoms with Crippen LogP contribution in [0.3, 0.4) is 0 Å². The number of hydrogen-bond donors (Lipinski definition) is 1. The molecule has 0 radical (unpaired) electrons. The van der Waals surface area contributed by atoms with E-state index in [0.717, 1.165) is 0 Å². The molecule has 1 N–H and O–H groups in total. The highest BCUT2D eigenvalue weighted by molar-refractivity contribution is 5.94. The van der Waals surface area contributed by atoms with Crippen molar-refractivity contribution in [3.05, 3.63) is 24.3 Å². The van der Waals surface area contributed by atoms with Gasteiger partial charge in [-0.1, -0.05) is 0 Å². The highest BCUT2D eigenvalue weighted by atomic mass is 19.4. The maximum absolute atomic E-state index is 11.8. The Bertz CT molecular complexity index is 345. The molecule has 0 spiro atoms. The van der Waals surface area contributed by atoms with Crippen LogP contribution in [0.2, 0.25) is 0 Å². The lowest BCUT2D eigenvalue weighted by Gasteiger charge is -2.08. The monoisotopic (exact) mass is 219 g/mol. The third kappa shape index (κ3) is 3.16. The molecule has 0 aromatic heterocycles. The molecule has 15 heavy (non-hydrogen) atoms. The normalized spacial score (nSPS) is 10.9. The third-order valence-corrected chi connectivity index (χ3v) is 1.61. The van der Waals surface area contributed by atoms with E-state index in [1.54, 1.807) is 5.32 Å². The van der Waals surface area contributed by atoms with Crippen molar-refractivity contribution in [2.24, 2.45) is 0 Å². The number of nitrogens with one attached hydrogen (secondary N) is 1. The summed E-state index contributed by atoms with van der Waals surface area (Å²) in [5.41, 5.74) is 0.0677. The summed E-state index contributed by atoms with van der Waals surface area (Å²) in [4.78, 5) is 10.5. The van der Waals surface area contributed by atoms with E-state index in [1.165, 1.54) is 31.4 Å². The molecular formula is C9H8F3NO2. The maximum atomic E-state index is 11.8. The zero-order chi connectivity index (χ0) is 11.5. The van der Waals surface area contributed by atoms with E-state index in [1.807, 2.05) is 0 Å². The molecule has 3 nitrogen and oxygen atoms in total. The molecule has 1 amide bonds. The Hall–Kier alpha value is -1.72. The van der Waals surface area contributed by atoms with Crippen LogP contribution in [0.5, 0.6) is 5.75 Å². The van der Waals surface area contributed by atoms with Gasteiger partial charge in [0.15, 0.2) is 0 Å². The van der Waals surface area contributed by atoms with Gasteiger partial charge >= 0.3 is 12.1 Å². The first kappa shape index (κ1) is 11.4. The Morgan fingerprint density at radius 3 is 2.20 bits per heavy atom. The number of amides is 1. The fourth-order valence-electron chi connectivity index (χ4n) is 0.876. The summed E-state index contributed by atoms with van der Waals surface area (Å²) in [6.45, 7) is 0. The summed E-state index contributed by atoms with van der Waals surface area (Å²) in [7, 11) is 1.43. The average Bonchev–Trinajstić information content (AvgIpc) is 2.17. The highest BCUT2D eigenvalue weighted by Gasteiger charge is 2.38. The fourth-order valence-corrected chi connectivity index (χ4v) is 0.876. The Morgan fingerprint density at radius 2 is 1.80 bits per heavy atom. The Kier molecular flexibility index (Phi) is 3.18. The van der Waals surface area contributed by atoms with Gasteiger partial charge in [0.05, 0.1) is 7.11 Å². The van der Waals surface area contributed by atoms with Gasteiger partial charge in [-0.05, 0) is 24.3 Å². The predicted octanol–water partition coefficient (Wildman–Crippen LogP) is 2.20. The maximum Gasteiger partial charge on any atom is 0.471 e. The van der Waals surface area contributed by atoms with Crippen LogP contribution in [-0.2, 0) is 4.79 Å². The van der Waals surface area contributed by atoms with Crippen molar-refractivity contribution in [2.45, 2.75) is 6.18 Å². The van der Waals surface area contributed by atoms with Crippen molar-refractivity contribution in [3.63, 3.8) is 0 Å². The second-order valence-corrected chi connectivity index (χ2v) is 2.68. The number of halogens is 3. The van der Waals surface area contributed by atoms with Crippen molar-refractivity contribution in [1.29, 1.82) is 0 Å². The number of benzene rings is 1. The molecule has 0 bridgehead atoms. The first-order valence-electron chi connectivity index (χ1n) is 3.95. The van der Waals surface area contributed by atoms with Gasteiger partial charge in [0.25, 0.3) is 0 Å². The van der Waals surface area contributed by atoms with Gasteiger partial charge in [-0.15, -0.1) is 0 Å². The molecular weight excluding hydrogens is 211 g/mol. The molecule has 1 rings (SSSR count). The van der Waals surface area contributed by atoms with Crippen molar-refractivity contribution in [2.75, 3.05) is 12.4 Å². The van der Waals surface area contributed by atoms with Gasteiger partial charge in [-0.2, -0.15) is 13.2 Å². The van der Waals surface area contributed by atoms with Crippen molar-refractivity contribution >= 4 is 11.6 Å². The SMILES string of the molecule is COc1ccc(NC(=O)C(F)(F)F)cc1. The first-order valence-corrected chi connectivity index (χ1v) is 3.95. The summed E-state index contributed by atoms with van der Waals surface area (Å²) < 4.78 is 40.3. The van der Waals surface area contributed by atoms with Crippen LogP contribution in [0.25, 0.3) is 0 Å². The van der Waals surface area contributed by atoms with E-state index in [2.05, 4.69) is 0 Å². The van der Waals surface area contributed by atoms with Crippen LogP contribution in [-0.4, -0.2) is 19.2 Å². The Labute approximate surface area is 83.8 Å². The van der Waals surface area contributed by atoms with Gasteiger partial charge < -0.3 is 10.1 Å². The predicted molar refractivity (Wildman–Crippen MR) is 47.7 cm³/mol. The van der Waals surface area contributed by atoms with Crippen molar-refractivity contribution in [1.82, 2.24) is 0 Å². The molecule has 6 heteroatoms. The van der Waals surface area contributed by atoms with Gasteiger partial charge in [-0.3, -0.25) is 4.79 Å². The number of carbonyl (C=O) groups is 1. The summed E-state index contributed by atoms with van der Waals surface area (Å²) >= 11 is 0. The molecule has 0 saturated carbocycles. The van der Waals surface area contributed by atoms with Gasteiger partial charge in [-0.25, -0.2) is 0 Å². The Morgan fingerprint density at radius 1 is 1.27 bits per heavy atom. The van der Waals surface area contributed by atoms with Crippen LogP contribution < -0.4 is 10.1 Å². The molecule has 82 valence electrons. The van der Waals surface area contributed by atoms with E-state index in [0.29, 0.717) is 5.75 Å². The summed E-state index contributed by atoms with van der Waals surface area (Å²) in [6, 6.07) is 5.54. The van der Waals surface area contributed by atoms with E-state index >= 15 is 0 Å². The largest absolute Gasteiger partial charge is 0.497 e. The lowest BCUT2D eigenvalue weighted by atomic mass is 10.3. The molecule has 0 aliphatic rings. The molecule has 0 fully saturated rings. The quantitative estimate of drug-likeness (QED) is 0.827. The lowest BCUT2D eigenvalue weighted by molar-refractivity contribution is -0.167. The van der Waals surface area contributed by atoms with E-state index < -0.39 is 12.1 Å². The molecule has 0 aliphatic heterocycles. The molecule has 0 atom stereocenters. The molecule has 1 aromatic rings. The Balaban J connectivity index is 2.70. The number of ether oxygens (including phenoxy) is 1. The van der Waals surface area contributed by atoms with Crippen LogP contribution in [0.1, 0.15) is 0 Å². The fraction of sp³-hybridized carbons (Fsp3) is 0.222. The van der Waals surface area contributed by atoms with Gasteiger partial charge in [0, 0.05) is 5.69 Å². The smallest absolute Gasteiger partial charge is 0.471 e. The van der Waals surface area contributed by atoms with E-state index in [-0.39, 0.29) is 5.69 Å². The summed E-state index contributed by atoms with van der Waals surface area (Å²) in [5, 5.41) is 1.71. The minimum Gasteiger partial charge on any atom is -0.497 e. The second kappa shape index (κ2) is 4.20. The molecule has 0 aliphatic carbocycles. The zero-order valence-corrected chi connectivity index (χ0v) is 7.76. The number of anilines is 1. The molecule has 1 aromatic carbocycles. The third-order valence-electron chi connectivity index (χ3n) is 1.61. The molecule has 0 saturated heterocycles. The van der Waals surface area contributed by atoms with Crippen LogP contribution in [0.4, 0.5) is 18.9 Å². The van der Waals surface area contributed by atoms with E-state index in [9.17, 15) is 18.0 Å².